The van der Waals surface area contributed by atoms with Gasteiger partial charge < -0.3 is 15.1 Å². The van der Waals surface area contributed by atoms with Gasteiger partial charge in [0.2, 0.25) is 0 Å². The summed E-state index contributed by atoms with van der Waals surface area (Å²) in [4.78, 5) is 2.40. The summed E-state index contributed by atoms with van der Waals surface area (Å²) in [7, 11) is 0. The maximum absolute atomic E-state index is 9.77. The SMILES string of the molecule is CC(C)(O)CCN1CC2CCC(O)C2C1. The van der Waals surface area contributed by atoms with Crippen molar-refractivity contribution in [3.05, 3.63) is 0 Å². The van der Waals surface area contributed by atoms with E-state index in [1.165, 1.54) is 6.42 Å². The summed E-state index contributed by atoms with van der Waals surface area (Å²) < 4.78 is 0. The fourth-order valence-electron chi connectivity index (χ4n) is 2.94. The van der Waals surface area contributed by atoms with Crippen LogP contribution in [0.2, 0.25) is 0 Å². The molecule has 2 rings (SSSR count). The van der Waals surface area contributed by atoms with Crippen LogP contribution in [0.5, 0.6) is 0 Å². The van der Waals surface area contributed by atoms with Gasteiger partial charge in [-0.3, -0.25) is 0 Å². The molecule has 0 amide bonds. The van der Waals surface area contributed by atoms with E-state index in [1.807, 2.05) is 13.8 Å². The molecule has 1 aliphatic carbocycles. The zero-order valence-corrected chi connectivity index (χ0v) is 9.82. The minimum absolute atomic E-state index is 0.0675. The van der Waals surface area contributed by atoms with Crippen LogP contribution in [0.1, 0.15) is 33.1 Å². The third-order valence-electron chi connectivity index (χ3n) is 3.93. The molecule has 88 valence electrons. The molecular weight excluding hydrogens is 190 g/mol. The maximum atomic E-state index is 9.77. The van der Waals surface area contributed by atoms with Crippen molar-refractivity contribution >= 4 is 0 Å². The van der Waals surface area contributed by atoms with Crippen molar-refractivity contribution in [2.24, 2.45) is 11.8 Å². The van der Waals surface area contributed by atoms with Crippen LogP contribution in [-0.4, -0.2) is 46.5 Å². The van der Waals surface area contributed by atoms with Crippen molar-refractivity contribution in [1.82, 2.24) is 4.90 Å². The van der Waals surface area contributed by atoms with Gasteiger partial charge in [-0.25, -0.2) is 0 Å². The Hall–Kier alpha value is -0.120. The van der Waals surface area contributed by atoms with Crippen molar-refractivity contribution in [3.8, 4) is 0 Å². The van der Waals surface area contributed by atoms with Gasteiger partial charge in [0.1, 0.15) is 0 Å². The lowest BCUT2D eigenvalue weighted by molar-refractivity contribution is 0.0579. The minimum atomic E-state index is -0.559. The average molecular weight is 213 g/mol. The molecule has 1 saturated carbocycles. The first kappa shape index (κ1) is 11.4. The molecule has 1 aliphatic heterocycles. The average Bonchev–Trinajstić information content (AvgIpc) is 2.64. The number of hydrogen-bond donors (Lipinski definition) is 2. The van der Waals surface area contributed by atoms with Gasteiger partial charge in [0, 0.05) is 25.6 Å². The van der Waals surface area contributed by atoms with Crippen LogP contribution in [0.4, 0.5) is 0 Å². The molecule has 2 aliphatic rings. The molecule has 3 unspecified atom stereocenters. The van der Waals surface area contributed by atoms with Crippen molar-refractivity contribution in [3.63, 3.8) is 0 Å². The Morgan fingerprint density at radius 1 is 1.27 bits per heavy atom. The molecule has 1 saturated heterocycles. The zero-order chi connectivity index (χ0) is 11.1. The first-order valence-electron chi connectivity index (χ1n) is 6.08. The number of rotatable bonds is 3. The number of aliphatic hydroxyl groups excluding tert-OH is 1. The Morgan fingerprint density at radius 2 is 2.00 bits per heavy atom. The monoisotopic (exact) mass is 213 g/mol. The van der Waals surface area contributed by atoms with E-state index >= 15 is 0 Å². The molecule has 0 aromatic rings. The summed E-state index contributed by atoms with van der Waals surface area (Å²) >= 11 is 0. The van der Waals surface area contributed by atoms with E-state index in [0.29, 0.717) is 11.8 Å². The van der Waals surface area contributed by atoms with Crippen LogP contribution < -0.4 is 0 Å². The normalized spacial score (nSPS) is 37.2. The highest BCUT2D eigenvalue weighted by molar-refractivity contribution is 4.93. The Bertz CT molecular complexity index is 224. The highest BCUT2D eigenvalue weighted by Gasteiger charge is 2.41. The smallest absolute Gasteiger partial charge is 0.0603 e. The predicted octanol–water partition coefficient (Wildman–Crippen LogP) is 0.850. The van der Waals surface area contributed by atoms with Gasteiger partial charge in [0.15, 0.2) is 0 Å². The molecule has 2 N–H and O–H groups in total. The van der Waals surface area contributed by atoms with Crippen molar-refractivity contribution in [1.29, 1.82) is 0 Å². The summed E-state index contributed by atoms with van der Waals surface area (Å²) in [6.07, 6.45) is 2.93. The third-order valence-corrected chi connectivity index (χ3v) is 3.93. The summed E-state index contributed by atoms with van der Waals surface area (Å²) in [6.45, 7) is 6.83. The van der Waals surface area contributed by atoms with Crippen molar-refractivity contribution in [2.75, 3.05) is 19.6 Å². The quantitative estimate of drug-likeness (QED) is 0.730. The molecule has 15 heavy (non-hydrogen) atoms. The largest absolute Gasteiger partial charge is 0.393 e. The van der Waals surface area contributed by atoms with Gasteiger partial charge in [0.25, 0.3) is 0 Å². The minimum Gasteiger partial charge on any atom is -0.393 e. The number of aliphatic hydroxyl groups is 2. The topological polar surface area (TPSA) is 43.7 Å². The maximum Gasteiger partial charge on any atom is 0.0603 e. The van der Waals surface area contributed by atoms with Gasteiger partial charge in [-0.2, -0.15) is 0 Å². The van der Waals surface area contributed by atoms with Gasteiger partial charge in [-0.1, -0.05) is 0 Å². The van der Waals surface area contributed by atoms with E-state index in [0.717, 1.165) is 32.5 Å². The van der Waals surface area contributed by atoms with Crippen LogP contribution in [0, 0.1) is 11.8 Å². The van der Waals surface area contributed by atoms with Crippen LogP contribution in [-0.2, 0) is 0 Å². The fraction of sp³-hybridized carbons (Fsp3) is 1.00. The second kappa shape index (κ2) is 4.04. The standard InChI is InChI=1S/C12H23NO2/c1-12(2,15)5-6-13-7-9-3-4-11(14)10(9)8-13/h9-11,14-15H,3-8H2,1-2H3. The lowest BCUT2D eigenvalue weighted by Gasteiger charge is -2.23. The summed E-state index contributed by atoms with van der Waals surface area (Å²) in [5, 5.41) is 19.4. The lowest BCUT2D eigenvalue weighted by atomic mass is 10.00. The molecule has 0 radical (unpaired) electrons. The Balaban J connectivity index is 1.79. The van der Waals surface area contributed by atoms with Gasteiger partial charge in [-0.15, -0.1) is 0 Å². The van der Waals surface area contributed by atoms with Crippen LogP contribution in [0.15, 0.2) is 0 Å². The Morgan fingerprint density at radius 3 is 2.60 bits per heavy atom. The number of fused-ring (bicyclic) bond motifs is 1. The van der Waals surface area contributed by atoms with Gasteiger partial charge >= 0.3 is 0 Å². The first-order valence-corrected chi connectivity index (χ1v) is 6.08. The van der Waals surface area contributed by atoms with E-state index < -0.39 is 5.60 Å². The molecule has 3 heteroatoms. The molecule has 2 fully saturated rings. The zero-order valence-electron chi connectivity index (χ0n) is 9.82. The van der Waals surface area contributed by atoms with E-state index in [2.05, 4.69) is 4.90 Å². The summed E-state index contributed by atoms with van der Waals surface area (Å²) in [5.74, 6) is 1.22. The van der Waals surface area contributed by atoms with Crippen LogP contribution in [0.3, 0.4) is 0 Å². The third kappa shape index (κ3) is 2.71. The highest BCUT2D eigenvalue weighted by atomic mass is 16.3. The van der Waals surface area contributed by atoms with Crippen molar-refractivity contribution < 1.29 is 10.2 Å². The molecule has 3 atom stereocenters. The predicted molar refractivity (Wildman–Crippen MR) is 59.6 cm³/mol. The number of hydrogen-bond acceptors (Lipinski definition) is 3. The molecular formula is C12H23NO2. The molecule has 1 heterocycles. The highest BCUT2D eigenvalue weighted by Crippen LogP contribution is 2.38. The van der Waals surface area contributed by atoms with E-state index in [-0.39, 0.29) is 6.10 Å². The number of nitrogens with zero attached hydrogens (tertiary/aromatic N) is 1. The first-order chi connectivity index (χ1) is 6.96. The Kier molecular flexibility index (Phi) is 3.06. The molecule has 3 nitrogen and oxygen atoms in total. The summed E-state index contributed by atoms with van der Waals surface area (Å²) in [6, 6.07) is 0. The molecule has 0 bridgehead atoms. The second-order valence-electron chi connectivity index (χ2n) is 5.89. The van der Waals surface area contributed by atoms with Crippen LogP contribution >= 0.6 is 0 Å². The Labute approximate surface area is 92.1 Å². The van der Waals surface area contributed by atoms with E-state index in [1.54, 1.807) is 0 Å². The lowest BCUT2D eigenvalue weighted by Crippen LogP contribution is -2.31. The second-order valence-corrected chi connectivity index (χ2v) is 5.89. The molecule has 0 aromatic carbocycles. The van der Waals surface area contributed by atoms with E-state index in [4.69, 9.17) is 0 Å². The van der Waals surface area contributed by atoms with Gasteiger partial charge in [0.05, 0.1) is 11.7 Å². The fourth-order valence-corrected chi connectivity index (χ4v) is 2.94. The summed E-state index contributed by atoms with van der Waals surface area (Å²) in [5.41, 5.74) is -0.559. The van der Waals surface area contributed by atoms with E-state index in [9.17, 15) is 10.2 Å². The number of likely N-dealkylation sites (tertiary alicyclic amines) is 1. The van der Waals surface area contributed by atoms with Crippen molar-refractivity contribution in [2.45, 2.75) is 44.8 Å². The molecule has 0 aromatic heterocycles. The molecule has 0 spiro atoms. The van der Waals surface area contributed by atoms with Gasteiger partial charge in [-0.05, 0) is 39.0 Å². The van der Waals surface area contributed by atoms with Crippen LogP contribution in [0.25, 0.3) is 0 Å².